The Morgan fingerprint density at radius 1 is 1.40 bits per heavy atom. The molecule has 0 radical (unpaired) electrons. The predicted octanol–water partition coefficient (Wildman–Crippen LogP) is 2.38. The van der Waals surface area contributed by atoms with Gasteiger partial charge in [-0.25, -0.2) is 4.79 Å². The Bertz CT molecular complexity index is 504. The molecule has 0 bridgehead atoms. The summed E-state index contributed by atoms with van der Waals surface area (Å²) in [4.78, 5) is 10.9. The maximum absolute atomic E-state index is 10.9. The first-order valence-electron chi connectivity index (χ1n) is 6.94. The van der Waals surface area contributed by atoms with Crippen LogP contribution in [0.15, 0.2) is 28.7 Å². The molecule has 0 amide bonds. The van der Waals surface area contributed by atoms with Crippen molar-refractivity contribution < 1.29 is 14.6 Å². The van der Waals surface area contributed by atoms with E-state index in [-0.39, 0.29) is 6.61 Å². The van der Waals surface area contributed by atoms with Crippen LogP contribution in [0, 0.1) is 11.8 Å². The Balaban J connectivity index is 1.94. The van der Waals surface area contributed by atoms with Gasteiger partial charge in [-0.2, -0.15) is 0 Å². The lowest BCUT2D eigenvalue weighted by molar-refractivity contribution is -0.154. The maximum atomic E-state index is 10.9. The van der Waals surface area contributed by atoms with Crippen LogP contribution in [0.1, 0.15) is 18.4 Å². The molecular weight excluding hydrogens is 322 g/mol. The number of hydrogen-bond acceptors (Lipinski definition) is 3. The number of halogens is 1. The minimum Gasteiger partial charge on any atom is -0.480 e. The van der Waals surface area contributed by atoms with Gasteiger partial charge >= 0.3 is 5.97 Å². The molecule has 20 heavy (non-hydrogen) atoms. The topological polar surface area (TPSA) is 58.6 Å². The van der Waals surface area contributed by atoms with Crippen LogP contribution in [0.4, 0.5) is 0 Å². The highest BCUT2D eigenvalue weighted by atomic mass is 79.9. The third-order valence-electron chi connectivity index (χ3n) is 4.61. The van der Waals surface area contributed by atoms with Crippen LogP contribution in [0.25, 0.3) is 0 Å². The van der Waals surface area contributed by atoms with E-state index in [1.165, 1.54) is 0 Å². The van der Waals surface area contributed by atoms with Crippen molar-refractivity contribution in [1.29, 1.82) is 0 Å². The molecule has 2 fully saturated rings. The van der Waals surface area contributed by atoms with Crippen LogP contribution in [0.3, 0.4) is 0 Å². The van der Waals surface area contributed by atoms with Gasteiger partial charge in [-0.15, -0.1) is 0 Å². The Morgan fingerprint density at radius 3 is 2.85 bits per heavy atom. The highest BCUT2D eigenvalue weighted by molar-refractivity contribution is 9.10. The average Bonchev–Trinajstić information content (AvgIpc) is 3.00. The van der Waals surface area contributed by atoms with Crippen molar-refractivity contribution >= 4 is 21.9 Å². The highest BCUT2D eigenvalue weighted by Gasteiger charge is 2.52. The molecule has 5 heteroatoms. The van der Waals surface area contributed by atoms with E-state index in [4.69, 9.17) is 9.84 Å². The van der Waals surface area contributed by atoms with Gasteiger partial charge < -0.3 is 15.2 Å². The van der Waals surface area contributed by atoms with Gasteiger partial charge in [-0.1, -0.05) is 28.1 Å². The first-order valence-corrected chi connectivity index (χ1v) is 7.73. The third kappa shape index (κ3) is 2.38. The van der Waals surface area contributed by atoms with Gasteiger partial charge in [-0.3, -0.25) is 0 Å². The van der Waals surface area contributed by atoms with Gasteiger partial charge in [0.25, 0.3) is 0 Å². The van der Waals surface area contributed by atoms with E-state index in [0.717, 1.165) is 36.0 Å². The Kier molecular flexibility index (Phi) is 3.84. The Labute approximate surface area is 126 Å². The second-order valence-corrected chi connectivity index (χ2v) is 6.56. The lowest BCUT2D eigenvalue weighted by Crippen LogP contribution is -2.38. The summed E-state index contributed by atoms with van der Waals surface area (Å²) in [6, 6.07) is 8.09. The number of ether oxygens (including phenoxy) is 1. The highest BCUT2D eigenvalue weighted by Crippen LogP contribution is 2.51. The maximum Gasteiger partial charge on any atom is 0.329 e. The first kappa shape index (κ1) is 14.0. The summed E-state index contributed by atoms with van der Waals surface area (Å²) in [6.07, 6.45) is 1.99. The summed E-state index contributed by atoms with van der Waals surface area (Å²) in [7, 11) is 0. The zero-order chi connectivity index (χ0) is 14.2. The number of carboxylic acid groups (broad SMARTS) is 1. The van der Waals surface area contributed by atoms with E-state index in [1.807, 2.05) is 24.3 Å². The summed E-state index contributed by atoms with van der Waals surface area (Å²) < 4.78 is 6.96. The molecule has 2 N–H and O–H groups in total. The third-order valence-corrected chi connectivity index (χ3v) is 5.14. The minimum absolute atomic E-state index is 0.237. The number of carbonyl (C=O) groups is 1. The molecule has 1 saturated carbocycles. The van der Waals surface area contributed by atoms with E-state index in [0.29, 0.717) is 11.8 Å². The Hall–Kier alpha value is -0.910. The molecule has 1 heterocycles. The number of nitrogens with one attached hydrogen (secondary N) is 1. The van der Waals surface area contributed by atoms with Crippen molar-refractivity contribution in [3.63, 3.8) is 0 Å². The van der Waals surface area contributed by atoms with E-state index in [2.05, 4.69) is 21.2 Å². The average molecular weight is 340 g/mol. The van der Waals surface area contributed by atoms with E-state index < -0.39 is 11.6 Å². The smallest absolute Gasteiger partial charge is 0.329 e. The van der Waals surface area contributed by atoms with Crippen molar-refractivity contribution in [2.24, 2.45) is 11.8 Å². The van der Waals surface area contributed by atoms with Crippen LogP contribution >= 0.6 is 15.9 Å². The molecule has 3 rings (SSSR count). The molecular formula is C15H18BrNO3. The molecule has 1 aliphatic carbocycles. The molecule has 2 aliphatic rings. The normalized spacial score (nSPS) is 32.2. The number of benzene rings is 1. The monoisotopic (exact) mass is 339 g/mol. The van der Waals surface area contributed by atoms with Crippen LogP contribution in [-0.4, -0.2) is 30.8 Å². The van der Waals surface area contributed by atoms with E-state index in [9.17, 15) is 4.79 Å². The second kappa shape index (κ2) is 5.47. The van der Waals surface area contributed by atoms with Crippen molar-refractivity contribution in [3.8, 4) is 0 Å². The lowest BCUT2D eigenvalue weighted by Gasteiger charge is -2.35. The van der Waals surface area contributed by atoms with Crippen LogP contribution < -0.4 is 5.32 Å². The number of fused-ring (bicyclic) bond motifs is 1. The van der Waals surface area contributed by atoms with Gasteiger partial charge in [0.2, 0.25) is 0 Å². The molecule has 3 unspecified atom stereocenters. The fourth-order valence-electron chi connectivity index (χ4n) is 3.71. The number of aliphatic carboxylic acids is 1. The standard InChI is InChI=1S/C15H18BrNO3/c16-12-3-1-11(2-4-12)15(20-9-14(18)19)6-5-10-7-17-8-13(10)15/h1-4,10,13,17H,5-9H2,(H,18,19). The summed E-state index contributed by atoms with van der Waals surface area (Å²) in [5.74, 6) is 0.0476. The van der Waals surface area contributed by atoms with Gasteiger partial charge in [-0.05, 0) is 43.0 Å². The summed E-state index contributed by atoms with van der Waals surface area (Å²) in [6.45, 7) is 1.68. The largest absolute Gasteiger partial charge is 0.480 e. The first-order chi connectivity index (χ1) is 9.62. The van der Waals surface area contributed by atoms with Crippen molar-refractivity contribution in [3.05, 3.63) is 34.3 Å². The minimum atomic E-state index is -0.907. The van der Waals surface area contributed by atoms with Crippen molar-refractivity contribution in [1.82, 2.24) is 5.32 Å². The van der Waals surface area contributed by atoms with Gasteiger partial charge in [0.1, 0.15) is 6.61 Å². The van der Waals surface area contributed by atoms with Gasteiger partial charge in [0.15, 0.2) is 0 Å². The summed E-state index contributed by atoms with van der Waals surface area (Å²) in [5.41, 5.74) is 0.644. The number of rotatable bonds is 4. The zero-order valence-corrected chi connectivity index (χ0v) is 12.7. The fraction of sp³-hybridized carbons (Fsp3) is 0.533. The molecule has 108 valence electrons. The van der Waals surface area contributed by atoms with E-state index in [1.54, 1.807) is 0 Å². The van der Waals surface area contributed by atoms with Crippen molar-refractivity contribution in [2.75, 3.05) is 19.7 Å². The quantitative estimate of drug-likeness (QED) is 0.884. The summed E-state index contributed by atoms with van der Waals surface area (Å²) in [5, 5.41) is 12.4. The second-order valence-electron chi connectivity index (χ2n) is 5.64. The predicted molar refractivity (Wildman–Crippen MR) is 78.5 cm³/mol. The molecule has 1 aliphatic heterocycles. The number of carboxylic acids is 1. The molecule has 0 spiro atoms. The van der Waals surface area contributed by atoms with Crippen molar-refractivity contribution in [2.45, 2.75) is 18.4 Å². The van der Waals surface area contributed by atoms with Crippen LogP contribution in [-0.2, 0) is 15.1 Å². The summed E-state index contributed by atoms with van der Waals surface area (Å²) >= 11 is 3.44. The van der Waals surface area contributed by atoms with E-state index >= 15 is 0 Å². The zero-order valence-electron chi connectivity index (χ0n) is 11.1. The molecule has 3 atom stereocenters. The molecule has 1 saturated heterocycles. The fourth-order valence-corrected chi connectivity index (χ4v) is 3.98. The molecule has 4 nitrogen and oxygen atoms in total. The molecule has 1 aromatic rings. The lowest BCUT2D eigenvalue weighted by atomic mass is 9.82. The molecule has 0 aromatic heterocycles. The van der Waals surface area contributed by atoms with Crippen LogP contribution in [0.2, 0.25) is 0 Å². The molecule has 1 aromatic carbocycles. The van der Waals surface area contributed by atoms with Gasteiger partial charge in [0.05, 0.1) is 5.60 Å². The Morgan fingerprint density at radius 2 is 2.15 bits per heavy atom. The number of hydrogen-bond donors (Lipinski definition) is 2. The van der Waals surface area contributed by atoms with Crippen LogP contribution in [0.5, 0.6) is 0 Å². The SMILES string of the molecule is O=C(O)COC1(c2ccc(Br)cc2)CCC2CNCC21. The van der Waals surface area contributed by atoms with Gasteiger partial charge in [0, 0.05) is 16.9 Å².